The molecule has 9 heteroatoms. The van der Waals surface area contributed by atoms with Crippen LogP contribution in [-0.2, 0) is 19.6 Å². The number of hydrogen-bond acceptors (Lipinski definition) is 5. The Balaban J connectivity index is 1.70. The zero-order chi connectivity index (χ0) is 21.0. The van der Waals surface area contributed by atoms with Gasteiger partial charge >= 0.3 is 0 Å². The van der Waals surface area contributed by atoms with E-state index in [1.54, 1.807) is 6.07 Å². The summed E-state index contributed by atoms with van der Waals surface area (Å²) in [5.41, 5.74) is 2.28. The van der Waals surface area contributed by atoms with Crippen LogP contribution in [0.3, 0.4) is 0 Å². The number of rotatable bonds is 6. The smallest absolute Gasteiger partial charge is 0.262 e. The summed E-state index contributed by atoms with van der Waals surface area (Å²) >= 11 is 6.14. The van der Waals surface area contributed by atoms with E-state index in [1.807, 2.05) is 32.0 Å². The number of ether oxygens (including phenoxy) is 2. The Labute approximate surface area is 175 Å². The van der Waals surface area contributed by atoms with Gasteiger partial charge in [0, 0.05) is 18.8 Å². The Morgan fingerprint density at radius 1 is 1.17 bits per heavy atom. The second-order valence-corrected chi connectivity index (χ2v) is 9.08. The predicted molar refractivity (Wildman–Crippen MR) is 111 cm³/mol. The zero-order valence-electron chi connectivity index (χ0n) is 16.3. The summed E-state index contributed by atoms with van der Waals surface area (Å²) in [5.74, 6) is 0.231. The molecule has 0 radical (unpaired) electrons. The number of carbonyl (C=O) groups is 1. The summed E-state index contributed by atoms with van der Waals surface area (Å²) in [6.07, 6.45) is 0. The number of amides is 1. The molecule has 7 nitrogen and oxygen atoms in total. The van der Waals surface area contributed by atoms with Crippen LogP contribution in [0.2, 0.25) is 5.02 Å². The van der Waals surface area contributed by atoms with E-state index in [9.17, 15) is 13.2 Å². The maximum atomic E-state index is 12.9. The highest BCUT2D eigenvalue weighted by atomic mass is 35.5. The Kier molecular flexibility index (Phi) is 6.79. The largest absolute Gasteiger partial charge is 0.483 e. The maximum Gasteiger partial charge on any atom is 0.262 e. The quantitative estimate of drug-likeness (QED) is 0.749. The SMILES string of the molecule is Cc1ccc(C)c(OCC(=O)Nc2ccc(Cl)c(S(=O)(=O)N3CCOCC3)c2)c1. The van der Waals surface area contributed by atoms with Crippen molar-refractivity contribution in [3.63, 3.8) is 0 Å². The highest BCUT2D eigenvalue weighted by molar-refractivity contribution is 7.89. The summed E-state index contributed by atoms with van der Waals surface area (Å²) < 4.78 is 37.9. The lowest BCUT2D eigenvalue weighted by Gasteiger charge is -2.26. The molecule has 0 unspecified atom stereocenters. The third-order valence-corrected chi connectivity index (χ3v) is 6.89. The Bertz CT molecular complexity index is 1000. The van der Waals surface area contributed by atoms with Crippen molar-refractivity contribution in [3.05, 3.63) is 52.5 Å². The van der Waals surface area contributed by atoms with Gasteiger partial charge in [-0.05, 0) is 49.2 Å². The molecule has 1 saturated heterocycles. The Morgan fingerprint density at radius 2 is 1.90 bits per heavy atom. The van der Waals surface area contributed by atoms with Gasteiger partial charge in [0.15, 0.2) is 6.61 Å². The number of anilines is 1. The third-order valence-electron chi connectivity index (χ3n) is 4.51. The number of nitrogens with one attached hydrogen (secondary N) is 1. The monoisotopic (exact) mass is 438 g/mol. The van der Waals surface area contributed by atoms with E-state index in [1.165, 1.54) is 16.4 Å². The van der Waals surface area contributed by atoms with Crippen molar-refractivity contribution >= 4 is 33.2 Å². The molecule has 2 aromatic rings. The molecule has 1 aliphatic rings. The number of nitrogens with zero attached hydrogens (tertiary/aromatic N) is 1. The molecule has 1 N–H and O–H groups in total. The van der Waals surface area contributed by atoms with Gasteiger partial charge in [0.25, 0.3) is 5.91 Å². The van der Waals surface area contributed by atoms with Gasteiger partial charge in [0.2, 0.25) is 10.0 Å². The second kappa shape index (κ2) is 9.13. The van der Waals surface area contributed by atoms with Gasteiger partial charge < -0.3 is 14.8 Å². The van der Waals surface area contributed by atoms with Gasteiger partial charge in [-0.15, -0.1) is 0 Å². The van der Waals surface area contributed by atoms with E-state index < -0.39 is 15.9 Å². The molecule has 0 aromatic heterocycles. The molecule has 0 atom stereocenters. The van der Waals surface area contributed by atoms with Crippen LogP contribution >= 0.6 is 11.6 Å². The molecule has 2 aromatic carbocycles. The van der Waals surface area contributed by atoms with E-state index in [2.05, 4.69) is 5.32 Å². The lowest BCUT2D eigenvalue weighted by Crippen LogP contribution is -2.40. The number of sulfonamides is 1. The number of aryl methyl sites for hydroxylation is 2. The molecule has 29 heavy (non-hydrogen) atoms. The Hall–Kier alpha value is -2.13. The van der Waals surface area contributed by atoms with Crippen molar-refractivity contribution in [3.8, 4) is 5.75 Å². The maximum absolute atomic E-state index is 12.9. The third kappa shape index (κ3) is 5.27. The average molecular weight is 439 g/mol. The molecule has 0 bridgehead atoms. The minimum Gasteiger partial charge on any atom is -0.483 e. The van der Waals surface area contributed by atoms with Crippen molar-refractivity contribution in [1.82, 2.24) is 4.31 Å². The normalized spacial score (nSPS) is 15.1. The number of hydrogen-bond donors (Lipinski definition) is 1. The summed E-state index contributed by atoms with van der Waals surface area (Å²) in [6, 6.07) is 10.1. The first kappa shape index (κ1) is 21.6. The fourth-order valence-corrected chi connectivity index (χ4v) is 4.82. The second-order valence-electron chi connectivity index (χ2n) is 6.77. The number of benzene rings is 2. The van der Waals surface area contributed by atoms with Gasteiger partial charge in [-0.2, -0.15) is 4.31 Å². The molecule has 1 aliphatic heterocycles. The molecular weight excluding hydrogens is 416 g/mol. The van der Waals surface area contributed by atoms with Crippen LogP contribution in [0.4, 0.5) is 5.69 Å². The topological polar surface area (TPSA) is 84.9 Å². The van der Waals surface area contributed by atoms with Crippen molar-refractivity contribution in [2.45, 2.75) is 18.7 Å². The molecule has 156 valence electrons. The zero-order valence-corrected chi connectivity index (χ0v) is 17.8. The Morgan fingerprint density at radius 3 is 2.62 bits per heavy atom. The van der Waals surface area contributed by atoms with E-state index in [-0.39, 0.29) is 29.6 Å². The first-order valence-corrected chi connectivity index (χ1v) is 11.0. The van der Waals surface area contributed by atoms with Gasteiger partial charge in [-0.3, -0.25) is 4.79 Å². The van der Waals surface area contributed by atoms with Gasteiger partial charge in [-0.25, -0.2) is 8.42 Å². The first-order valence-electron chi connectivity index (χ1n) is 9.15. The fourth-order valence-electron chi connectivity index (χ4n) is 2.91. The molecular formula is C20H23ClN2O5S. The van der Waals surface area contributed by atoms with E-state index >= 15 is 0 Å². The number of carbonyl (C=O) groups excluding carboxylic acids is 1. The molecule has 3 rings (SSSR count). The van der Waals surface area contributed by atoms with Crippen molar-refractivity contribution < 1.29 is 22.7 Å². The number of morpholine rings is 1. The molecule has 0 aliphatic carbocycles. The predicted octanol–water partition coefficient (Wildman–Crippen LogP) is 3.00. The fraction of sp³-hybridized carbons (Fsp3) is 0.350. The van der Waals surface area contributed by atoms with Gasteiger partial charge in [0.1, 0.15) is 10.6 Å². The molecule has 1 amide bonds. The highest BCUT2D eigenvalue weighted by Crippen LogP contribution is 2.28. The van der Waals surface area contributed by atoms with Crippen molar-refractivity contribution in [1.29, 1.82) is 0 Å². The van der Waals surface area contributed by atoms with Crippen LogP contribution in [0.15, 0.2) is 41.3 Å². The standard InChI is InChI=1S/C20H23ClN2O5S/c1-14-3-4-15(2)18(11-14)28-13-20(24)22-16-5-6-17(21)19(12-16)29(25,26)23-7-9-27-10-8-23/h3-6,11-12H,7-10,13H2,1-2H3,(H,22,24). The number of halogens is 1. The van der Waals surface area contributed by atoms with Crippen LogP contribution in [0.1, 0.15) is 11.1 Å². The molecule has 1 heterocycles. The van der Waals surface area contributed by atoms with Gasteiger partial charge in [0.05, 0.1) is 18.2 Å². The highest BCUT2D eigenvalue weighted by Gasteiger charge is 2.28. The van der Waals surface area contributed by atoms with E-state index in [0.29, 0.717) is 24.7 Å². The summed E-state index contributed by atoms with van der Waals surface area (Å²) in [6.45, 7) is 4.84. The van der Waals surface area contributed by atoms with E-state index in [0.717, 1.165) is 11.1 Å². The summed E-state index contributed by atoms with van der Waals surface area (Å²) in [4.78, 5) is 12.2. The van der Waals surface area contributed by atoms with Crippen molar-refractivity contribution in [2.75, 3.05) is 38.2 Å². The average Bonchev–Trinajstić information content (AvgIpc) is 2.70. The molecule has 0 spiro atoms. The summed E-state index contributed by atoms with van der Waals surface area (Å²) in [5, 5.41) is 2.76. The van der Waals surface area contributed by atoms with Crippen LogP contribution in [0, 0.1) is 13.8 Å². The first-order chi connectivity index (χ1) is 13.8. The lowest BCUT2D eigenvalue weighted by atomic mass is 10.1. The molecule has 0 saturated carbocycles. The van der Waals surface area contributed by atoms with Crippen LogP contribution in [-0.4, -0.2) is 51.5 Å². The minimum atomic E-state index is -3.78. The van der Waals surface area contributed by atoms with Crippen LogP contribution in [0.25, 0.3) is 0 Å². The summed E-state index contributed by atoms with van der Waals surface area (Å²) in [7, 11) is -3.78. The minimum absolute atomic E-state index is 0.0469. The van der Waals surface area contributed by atoms with Crippen LogP contribution < -0.4 is 10.1 Å². The van der Waals surface area contributed by atoms with Gasteiger partial charge in [-0.1, -0.05) is 23.7 Å². The van der Waals surface area contributed by atoms with Crippen LogP contribution in [0.5, 0.6) is 5.75 Å². The van der Waals surface area contributed by atoms with E-state index in [4.69, 9.17) is 21.1 Å². The molecule has 1 fully saturated rings. The lowest BCUT2D eigenvalue weighted by molar-refractivity contribution is -0.118. The van der Waals surface area contributed by atoms with Crippen molar-refractivity contribution in [2.24, 2.45) is 0 Å².